The van der Waals surface area contributed by atoms with E-state index in [1.807, 2.05) is 0 Å². The second-order valence-electron chi connectivity index (χ2n) is 6.30. The lowest BCUT2D eigenvalue weighted by Gasteiger charge is -2.17. The van der Waals surface area contributed by atoms with Crippen LogP contribution in [-0.4, -0.2) is 15.6 Å². The minimum atomic E-state index is 0.654. The van der Waals surface area contributed by atoms with Gasteiger partial charge in [-0.05, 0) is 44.4 Å². The van der Waals surface area contributed by atoms with Crippen LogP contribution in [0.5, 0.6) is 0 Å². The fourth-order valence-electron chi connectivity index (χ4n) is 3.18. The SMILES string of the molecule is Cc1cn(CC(C)C2CC2)c(NC2CCCC2)n1. The molecule has 1 atom stereocenters. The number of imidazole rings is 1. The van der Waals surface area contributed by atoms with Gasteiger partial charge in [0.1, 0.15) is 0 Å². The molecule has 0 radical (unpaired) electrons. The highest BCUT2D eigenvalue weighted by Crippen LogP contribution is 2.37. The van der Waals surface area contributed by atoms with E-state index in [2.05, 4.69) is 34.9 Å². The zero-order valence-electron chi connectivity index (χ0n) is 11.7. The monoisotopic (exact) mass is 247 g/mol. The Morgan fingerprint density at radius 3 is 2.72 bits per heavy atom. The molecular formula is C15H25N3. The average molecular weight is 247 g/mol. The van der Waals surface area contributed by atoms with Gasteiger partial charge in [0, 0.05) is 18.8 Å². The summed E-state index contributed by atoms with van der Waals surface area (Å²) in [5.41, 5.74) is 1.14. The standard InChI is InChI=1S/C15H25N3/c1-11(13-7-8-13)9-18-10-12(2)16-15(18)17-14-5-3-4-6-14/h10-11,13-14H,3-9H2,1-2H3,(H,16,17). The second-order valence-corrected chi connectivity index (χ2v) is 6.30. The molecule has 0 spiro atoms. The van der Waals surface area contributed by atoms with Gasteiger partial charge in [-0.2, -0.15) is 0 Å². The molecule has 2 aliphatic carbocycles. The smallest absolute Gasteiger partial charge is 0.203 e. The van der Waals surface area contributed by atoms with Gasteiger partial charge in [0.15, 0.2) is 0 Å². The summed E-state index contributed by atoms with van der Waals surface area (Å²) in [6, 6.07) is 0.654. The van der Waals surface area contributed by atoms with Crippen LogP contribution in [0.4, 0.5) is 5.95 Å². The maximum atomic E-state index is 4.66. The van der Waals surface area contributed by atoms with E-state index in [1.165, 1.54) is 38.5 Å². The zero-order valence-corrected chi connectivity index (χ0v) is 11.7. The van der Waals surface area contributed by atoms with E-state index >= 15 is 0 Å². The third-order valence-electron chi connectivity index (χ3n) is 4.50. The van der Waals surface area contributed by atoms with Gasteiger partial charge in [-0.3, -0.25) is 0 Å². The summed E-state index contributed by atoms with van der Waals surface area (Å²) in [5.74, 6) is 2.86. The Kier molecular flexibility index (Phi) is 3.31. The predicted octanol–water partition coefficient (Wildman–Crippen LogP) is 3.59. The predicted molar refractivity (Wildman–Crippen MR) is 74.7 cm³/mol. The normalized spacial score (nSPS) is 22.3. The van der Waals surface area contributed by atoms with Crippen LogP contribution in [0.15, 0.2) is 6.20 Å². The van der Waals surface area contributed by atoms with Gasteiger partial charge in [0.2, 0.25) is 5.95 Å². The summed E-state index contributed by atoms with van der Waals surface area (Å²) in [6.45, 7) is 5.60. The molecule has 3 heteroatoms. The van der Waals surface area contributed by atoms with Gasteiger partial charge in [-0.1, -0.05) is 19.8 Å². The number of rotatable bonds is 5. The Labute approximate surface area is 110 Å². The van der Waals surface area contributed by atoms with Gasteiger partial charge in [-0.25, -0.2) is 4.98 Å². The lowest BCUT2D eigenvalue weighted by molar-refractivity contribution is 0.431. The maximum absolute atomic E-state index is 4.66. The number of hydrogen-bond acceptors (Lipinski definition) is 2. The first-order valence-corrected chi connectivity index (χ1v) is 7.52. The molecule has 2 saturated carbocycles. The first kappa shape index (κ1) is 12.1. The lowest BCUT2D eigenvalue weighted by Crippen LogP contribution is -2.19. The van der Waals surface area contributed by atoms with Crippen LogP contribution in [0.25, 0.3) is 0 Å². The Morgan fingerprint density at radius 1 is 1.33 bits per heavy atom. The van der Waals surface area contributed by atoms with Crippen LogP contribution in [-0.2, 0) is 6.54 Å². The summed E-state index contributed by atoms with van der Waals surface area (Å²) in [7, 11) is 0. The second kappa shape index (κ2) is 4.94. The Bertz CT molecular complexity index is 378. The molecule has 0 amide bonds. The molecule has 100 valence electrons. The molecule has 3 nitrogen and oxygen atoms in total. The molecule has 2 aliphatic rings. The first-order valence-electron chi connectivity index (χ1n) is 7.52. The van der Waals surface area contributed by atoms with Crippen molar-refractivity contribution in [3.63, 3.8) is 0 Å². The van der Waals surface area contributed by atoms with E-state index in [9.17, 15) is 0 Å². The number of nitrogens with one attached hydrogen (secondary N) is 1. The van der Waals surface area contributed by atoms with Gasteiger partial charge < -0.3 is 9.88 Å². The summed E-state index contributed by atoms with van der Waals surface area (Å²) < 4.78 is 2.34. The van der Waals surface area contributed by atoms with Crippen LogP contribution in [0.1, 0.15) is 51.1 Å². The van der Waals surface area contributed by atoms with Crippen molar-refractivity contribution in [2.45, 2.75) is 65.0 Å². The van der Waals surface area contributed by atoms with Gasteiger partial charge >= 0.3 is 0 Å². The average Bonchev–Trinajstić information content (AvgIpc) is 2.97. The molecule has 1 unspecified atom stereocenters. The number of nitrogens with zero attached hydrogens (tertiary/aromatic N) is 2. The number of aryl methyl sites for hydroxylation is 1. The topological polar surface area (TPSA) is 29.9 Å². The molecule has 0 aromatic carbocycles. The number of hydrogen-bond donors (Lipinski definition) is 1. The number of anilines is 1. The minimum absolute atomic E-state index is 0.654. The van der Waals surface area contributed by atoms with Crippen molar-refractivity contribution in [1.82, 2.24) is 9.55 Å². The summed E-state index contributed by atoms with van der Waals surface area (Å²) in [4.78, 5) is 4.66. The lowest BCUT2D eigenvalue weighted by atomic mass is 10.1. The van der Waals surface area contributed by atoms with E-state index in [0.717, 1.165) is 30.0 Å². The molecule has 0 aliphatic heterocycles. The van der Waals surface area contributed by atoms with Crippen molar-refractivity contribution in [2.75, 3.05) is 5.32 Å². The molecule has 1 heterocycles. The van der Waals surface area contributed by atoms with Crippen molar-refractivity contribution in [3.05, 3.63) is 11.9 Å². The van der Waals surface area contributed by atoms with Crippen LogP contribution in [0, 0.1) is 18.8 Å². The fourth-order valence-corrected chi connectivity index (χ4v) is 3.18. The molecule has 1 N–H and O–H groups in total. The van der Waals surface area contributed by atoms with E-state index in [0.29, 0.717) is 6.04 Å². The van der Waals surface area contributed by atoms with E-state index in [4.69, 9.17) is 0 Å². The highest BCUT2D eigenvalue weighted by Gasteiger charge is 2.28. The Morgan fingerprint density at radius 2 is 2.06 bits per heavy atom. The third-order valence-corrected chi connectivity index (χ3v) is 4.50. The Balaban J connectivity index is 1.67. The molecule has 0 bridgehead atoms. The van der Waals surface area contributed by atoms with Crippen molar-refractivity contribution in [2.24, 2.45) is 11.8 Å². The quantitative estimate of drug-likeness (QED) is 0.861. The van der Waals surface area contributed by atoms with E-state index in [1.54, 1.807) is 0 Å². The van der Waals surface area contributed by atoms with Crippen LogP contribution >= 0.6 is 0 Å². The summed E-state index contributed by atoms with van der Waals surface area (Å²) in [5, 5.41) is 3.65. The van der Waals surface area contributed by atoms with Gasteiger partial charge in [-0.15, -0.1) is 0 Å². The molecular weight excluding hydrogens is 222 g/mol. The molecule has 2 fully saturated rings. The van der Waals surface area contributed by atoms with E-state index < -0.39 is 0 Å². The van der Waals surface area contributed by atoms with Crippen molar-refractivity contribution in [1.29, 1.82) is 0 Å². The van der Waals surface area contributed by atoms with Crippen molar-refractivity contribution < 1.29 is 0 Å². The first-order chi connectivity index (χ1) is 8.72. The fraction of sp³-hybridized carbons (Fsp3) is 0.800. The number of aromatic nitrogens is 2. The van der Waals surface area contributed by atoms with Gasteiger partial charge in [0.05, 0.1) is 5.69 Å². The summed E-state index contributed by atoms with van der Waals surface area (Å²) in [6.07, 6.45) is 10.4. The van der Waals surface area contributed by atoms with E-state index in [-0.39, 0.29) is 0 Å². The molecule has 1 aromatic heterocycles. The van der Waals surface area contributed by atoms with Crippen LogP contribution < -0.4 is 5.32 Å². The van der Waals surface area contributed by atoms with Crippen LogP contribution in [0.3, 0.4) is 0 Å². The molecule has 18 heavy (non-hydrogen) atoms. The Hall–Kier alpha value is -0.990. The highest BCUT2D eigenvalue weighted by atomic mass is 15.2. The van der Waals surface area contributed by atoms with Gasteiger partial charge in [0.25, 0.3) is 0 Å². The molecule has 3 rings (SSSR count). The zero-order chi connectivity index (χ0) is 12.5. The van der Waals surface area contributed by atoms with Crippen molar-refractivity contribution in [3.8, 4) is 0 Å². The summed E-state index contributed by atoms with van der Waals surface area (Å²) >= 11 is 0. The van der Waals surface area contributed by atoms with Crippen LogP contribution in [0.2, 0.25) is 0 Å². The molecule has 0 saturated heterocycles. The third kappa shape index (κ3) is 2.70. The largest absolute Gasteiger partial charge is 0.353 e. The van der Waals surface area contributed by atoms with Crippen molar-refractivity contribution >= 4 is 5.95 Å². The molecule has 1 aromatic rings. The minimum Gasteiger partial charge on any atom is -0.353 e. The highest BCUT2D eigenvalue weighted by molar-refractivity contribution is 5.30. The maximum Gasteiger partial charge on any atom is 0.203 e.